The van der Waals surface area contributed by atoms with Crippen molar-refractivity contribution in [3.8, 4) is 0 Å². The van der Waals surface area contributed by atoms with Crippen LogP contribution in [0.25, 0.3) is 0 Å². The molecule has 1 aromatic carbocycles. The summed E-state index contributed by atoms with van der Waals surface area (Å²) in [4.78, 5) is 13.5. The lowest BCUT2D eigenvalue weighted by atomic mass is 10.2. The second kappa shape index (κ2) is 3.93. The van der Waals surface area contributed by atoms with Crippen molar-refractivity contribution in [3.05, 3.63) is 34.1 Å². The minimum atomic E-state index is -0.462. The Kier molecular flexibility index (Phi) is 2.78. The predicted octanol–water partition coefficient (Wildman–Crippen LogP) is 2.82. The molecule has 0 atom stereocenters. The van der Waals surface area contributed by atoms with Crippen molar-refractivity contribution in [2.24, 2.45) is 0 Å². The highest BCUT2D eigenvalue weighted by Gasteiger charge is 2.31. The Morgan fingerprint density at radius 1 is 1.53 bits per heavy atom. The fourth-order valence-corrected chi connectivity index (χ4v) is 1.84. The second-order valence-corrected chi connectivity index (χ2v) is 4.69. The molecule has 0 spiro atoms. The van der Waals surface area contributed by atoms with Crippen molar-refractivity contribution in [1.82, 2.24) is 4.90 Å². The molecule has 80 valence electrons. The molecule has 1 fully saturated rings. The van der Waals surface area contributed by atoms with Gasteiger partial charge in [0.05, 0.1) is 5.56 Å². The number of carbonyl (C=O) groups excluding carboxylic acids is 1. The van der Waals surface area contributed by atoms with E-state index in [9.17, 15) is 9.18 Å². The Morgan fingerprint density at radius 2 is 2.20 bits per heavy atom. The zero-order valence-corrected chi connectivity index (χ0v) is 9.92. The highest BCUT2D eigenvalue weighted by molar-refractivity contribution is 9.10. The van der Waals surface area contributed by atoms with E-state index in [1.54, 1.807) is 18.0 Å². The summed E-state index contributed by atoms with van der Waals surface area (Å²) in [6.07, 6.45) is 2.05. The summed E-state index contributed by atoms with van der Waals surface area (Å²) in [6.45, 7) is 0. The van der Waals surface area contributed by atoms with E-state index >= 15 is 0 Å². The highest BCUT2D eigenvalue weighted by Crippen LogP contribution is 2.27. The average molecular weight is 272 g/mol. The normalized spacial score (nSPS) is 15.1. The van der Waals surface area contributed by atoms with Crippen molar-refractivity contribution in [3.63, 3.8) is 0 Å². The zero-order chi connectivity index (χ0) is 11.0. The summed E-state index contributed by atoms with van der Waals surface area (Å²) in [5.41, 5.74) is 0.138. The van der Waals surface area contributed by atoms with Crippen LogP contribution in [0.4, 0.5) is 4.39 Å². The van der Waals surface area contributed by atoms with E-state index in [2.05, 4.69) is 15.9 Å². The fraction of sp³-hybridized carbons (Fsp3) is 0.364. The SMILES string of the molecule is CN(C(=O)c1cc(Br)ccc1F)C1CC1. The van der Waals surface area contributed by atoms with Crippen LogP contribution in [-0.4, -0.2) is 23.9 Å². The third kappa shape index (κ3) is 2.20. The van der Waals surface area contributed by atoms with Gasteiger partial charge in [-0.15, -0.1) is 0 Å². The topological polar surface area (TPSA) is 20.3 Å². The Labute approximate surface area is 96.2 Å². The van der Waals surface area contributed by atoms with Crippen molar-refractivity contribution in [1.29, 1.82) is 0 Å². The van der Waals surface area contributed by atoms with Gasteiger partial charge in [0.15, 0.2) is 0 Å². The molecule has 1 saturated carbocycles. The van der Waals surface area contributed by atoms with Crippen molar-refractivity contribution < 1.29 is 9.18 Å². The van der Waals surface area contributed by atoms with Gasteiger partial charge in [-0.25, -0.2) is 4.39 Å². The van der Waals surface area contributed by atoms with E-state index in [4.69, 9.17) is 0 Å². The van der Waals surface area contributed by atoms with Gasteiger partial charge in [-0.3, -0.25) is 4.79 Å². The van der Waals surface area contributed by atoms with Crippen LogP contribution in [0, 0.1) is 5.82 Å². The Morgan fingerprint density at radius 3 is 2.80 bits per heavy atom. The fourth-order valence-electron chi connectivity index (χ4n) is 1.48. The first-order chi connectivity index (χ1) is 7.09. The monoisotopic (exact) mass is 271 g/mol. The first kappa shape index (κ1) is 10.6. The van der Waals surface area contributed by atoms with Crippen LogP contribution >= 0.6 is 15.9 Å². The maximum Gasteiger partial charge on any atom is 0.256 e. The number of amides is 1. The number of rotatable bonds is 2. The summed E-state index contributed by atoms with van der Waals surface area (Å²) in [5, 5.41) is 0. The summed E-state index contributed by atoms with van der Waals surface area (Å²) in [7, 11) is 1.72. The van der Waals surface area contributed by atoms with E-state index in [0.717, 1.165) is 17.3 Å². The standard InChI is InChI=1S/C11H11BrFNO/c1-14(8-3-4-8)11(15)9-6-7(12)2-5-10(9)13/h2,5-6,8H,3-4H2,1H3. The second-order valence-electron chi connectivity index (χ2n) is 3.77. The Balaban J connectivity index is 2.27. The molecular weight excluding hydrogens is 261 g/mol. The van der Waals surface area contributed by atoms with Gasteiger partial charge in [0, 0.05) is 17.6 Å². The van der Waals surface area contributed by atoms with E-state index in [-0.39, 0.29) is 11.5 Å². The van der Waals surface area contributed by atoms with Gasteiger partial charge in [0.2, 0.25) is 0 Å². The average Bonchev–Trinajstić information content (AvgIpc) is 3.03. The smallest absolute Gasteiger partial charge is 0.256 e. The molecule has 2 rings (SSSR count). The van der Waals surface area contributed by atoms with Crippen LogP contribution in [0.2, 0.25) is 0 Å². The summed E-state index contributed by atoms with van der Waals surface area (Å²) < 4.78 is 14.1. The molecule has 1 aliphatic rings. The first-order valence-corrected chi connectivity index (χ1v) is 5.61. The maximum atomic E-state index is 13.4. The molecule has 1 amide bonds. The van der Waals surface area contributed by atoms with Gasteiger partial charge >= 0.3 is 0 Å². The lowest BCUT2D eigenvalue weighted by Gasteiger charge is -2.16. The number of hydrogen-bond donors (Lipinski definition) is 0. The molecule has 1 aliphatic carbocycles. The summed E-state index contributed by atoms with van der Waals surface area (Å²) in [6, 6.07) is 4.72. The van der Waals surface area contributed by atoms with Crippen molar-refractivity contribution >= 4 is 21.8 Å². The zero-order valence-electron chi connectivity index (χ0n) is 8.34. The van der Waals surface area contributed by atoms with Gasteiger partial charge in [-0.2, -0.15) is 0 Å². The molecule has 2 nitrogen and oxygen atoms in total. The van der Waals surface area contributed by atoms with Gasteiger partial charge in [0.1, 0.15) is 5.82 Å². The molecule has 15 heavy (non-hydrogen) atoms. The third-order valence-electron chi connectivity index (χ3n) is 2.57. The summed E-state index contributed by atoms with van der Waals surface area (Å²) >= 11 is 3.23. The minimum Gasteiger partial charge on any atom is -0.339 e. The number of nitrogens with zero attached hydrogens (tertiary/aromatic N) is 1. The van der Waals surface area contributed by atoms with E-state index < -0.39 is 5.82 Å². The largest absolute Gasteiger partial charge is 0.339 e. The molecule has 4 heteroatoms. The number of halogens is 2. The highest BCUT2D eigenvalue weighted by atomic mass is 79.9. The van der Waals surface area contributed by atoms with Crippen LogP contribution in [0.5, 0.6) is 0 Å². The molecule has 1 aromatic rings. The molecule has 0 saturated heterocycles. The summed E-state index contributed by atoms with van der Waals surface area (Å²) in [5.74, 6) is -0.702. The molecule has 0 N–H and O–H groups in total. The van der Waals surface area contributed by atoms with E-state index in [0.29, 0.717) is 6.04 Å². The Bertz CT molecular complexity index is 404. The van der Waals surface area contributed by atoms with Crippen LogP contribution in [0.15, 0.2) is 22.7 Å². The molecule has 0 aromatic heterocycles. The maximum absolute atomic E-state index is 13.4. The van der Waals surface area contributed by atoms with Gasteiger partial charge in [-0.05, 0) is 31.0 Å². The van der Waals surface area contributed by atoms with E-state index in [1.165, 1.54) is 12.1 Å². The molecule has 0 radical (unpaired) electrons. The van der Waals surface area contributed by atoms with Gasteiger partial charge < -0.3 is 4.90 Å². The number of hydrogen-bond acceptors (Lipinski definition) is 1. The van der Waals surface area contributed by atoms with E-state index in [1.807, 2.05) is 0 Å². The first-order valence-electron chi connectivity index (χ1n) is 4.82. The number of carbonyl (C=O) groups is 1. The molecular formula is C11H11BrFNO. The third-order valence-corrected chi connectivity index (χ3v) is 3.07. The molecule has 0 bridgehead atoms. The minimum absolute atomic E-state index is 0.138. The molecule has 0 aliphatic heterocycles. The lowest BCUT2D eigenvalue weighted by molar-refractivity contribution is 0.0780. The quantitative estimate of drug-likeness (QED) is 0.810. The molecule has 0 unspecified atom stereocenters. The van der Waals surface area contributed by atoms with Gasteiger partial charge in [-0.1, -0.05) is 15.9 Å². The van der Waals surface area contributed by atoms with Crippen LogP contribution in [-0.2, 0) is 0 Å². The predicted molar refractivity (Wildman–Crippen MR) is 59.2 cm³/mol. The Hall–Kier alpha value is -0.900. The number of benzene rings is 1. The lowest BCUT2D eigenvalue weighted by Crippen LogP contribution is -2.29. The van der Waals surface area contributed by atoms with Crippen molar-refractivity contribution in [2.45, 2.75) is 18.9 Å². The van der Waals surface area contributed by atoms with Crippen LogP contribution in [0.3, 0.4) is 0 Å². The van der Waals surface area contributed by atoms with Gasteiger partial charge in [0.25, 0.3) is 5.91 Å². The molecule has 0 heterocycles. The van der Waals surface area contributed by atoms with Crippen LogP contribution in [0.1, 0.15) is 23.2 Å². The van der Waals surface area contributed by atoms with Crippen LogP contribution < -0.4 is 0 Å². The van der Waals surface area contributed by atoms with Crippen molar-refractivity contribution in [2.75, 3.05) is 7.05 Å².